The third kappa shape index (κ3) is 3.58. The summed E-state index contributed by atoms with van der Waals surface area (Å²) in [6, 6.07) is 11.5. The largest absolute Gasteiger partial charge is 0.463 e. The maximum atomic E-state index is 13.2. The summed E-state index contributed by atoms with van der Waals surface area (Å²) in [6.45, 7) is 1.73. The molecule has 1 aromatic carbocycles. The molecule has 8 nitrogen and oxygen atoms in total. The molecule has 0 atom stereocenters. The standard InChI is InChI=1S/C23H21N3O5S/c1-14-21-18(13-19(20-10-5-11-30-20)25-23(21)31-26-14)22(27)24-15-6-4-9-17(12-15)32(28,29)16-7-2-3-8-16/h4-6,9-13,16H,2-3,7-8H2,1H3,(H,24,27). The fourth-order valence-electron chi connectivity index (χ4n) is 4.16. The molecule has 0 saturated heterocycles. The SMILES string of the molecule is Cc1noc2nc(-c3ccco3)cc(C(=O)Nc3cccc(S(=O)(=O)C4CCCC4)c3)c12. The lowest BCUT2D eigenvalue weighted by Gasteiger charge is -2.13. The van der Waals surface area contributed by atoms with Gasteiger partial charge in [0.1, 0.15) is 5.69 Å². The molecule has 1 N–H and O–H groups in total. The second-order valence-electron chi connectivity index (χ2n) is 7.91. The Labute approximate surface area is 184 Å². The molecule has 3 aromatic heterocycles. The molecule has 3 heterocycles. The first-order chi connectivity index (χ1) is 15.4. The molecule has 1 saturated carbocycles. The van der Waals surface area contributed by atoms with Gasteiger partial charge in [0.25, 0.3) is 11.6 Å². The highest BCUT2D eigenvalue weighted by atomic mass is 32.2. The fraction of sp³-hybridized carbons (Fsp3) is 0.261. The summed E-state index contributed by atoms with van der Waals surface area (Å²) in [4.78, 5) is 17.8. The number of anilines is 1. The van der Waals surface area contributed by atoms with Crippen molar-refractivity contribution in [3.05, 3.63) is 60.0 Å². The number of fused-ring (bicyclic) bond motifs is 1. The molecule has 1 amide bonds. The number of carbonyl (C=O) groups excluding carboxylic acids is 1. The smallest absolute Gasteiger partial charge is 0.259 e. The number of benzene rings is 1. The van der Waals surface area contributed by atoms with E-state index in [0.717, 1.165) is 12.8 Å². The molecule has 0 bridgehead atoms. The van der Waals surface area contributed by atoms with Gasteiger partial charge in [0.05, 0.1) is 33.1 Å². The number of hydrogen-bond donors (Lipinski definition) is 1. The van der Waals surface area contributed by atoms with E-state index < -0.39 is 15.7 Å². The Bertz CT molecular complexity index is 1400. The molecule has 0 aliphatic heterocycles. The van der Waals surface area contributed by atoms with Crippen LogP contribution >= 0.6 is 0 Å². The van der Waals surface area contributed by atoms with Crippen molar-refractivity contribution in [2.75, 3.05) is 5.32 Å². The number of hydrogen-bond acceptors (Lipinski definition) is 7. The van der Waals surface area contributed by atoms with Crippen molar-refractivity contribution in [1.82, 2.24) is 10.1 Å². The molecular weight excluding hydrogens is 430 g/mol. The zero-order chi connectivity index (χ0) is 22.3. The highest BCUT2D eigenvalue weighted by Crippen LogP contribution is 2.31. The van der Waals surface area contributed by atoms with Gasteiger partial charge in [-0.3, -0.25) is 4.79 Å². The van der Waals surface area contributed by atoms with E-state index in [4.69, 9.17) is 8.94 Å². The van der Waals surface area contributed by atoms with Gasteiger partial charge in [-0.1, -0.05) is 24.1 Å². The van der Waals surface area contributed by atoms with Crippen molar-refractivity contribution in [3.63, 3.8) is 0 Å². The highest BCUT2D eigenvalue weighted by molar-refractivity contribution is 7.92. The summed E-state index contributed by atoms with van der Waals surface area (Å²) in [6.07, 6.45) is 4.72. The lowest BCUT2D eigenvalue weighted by molar-refractivity contribution is 0.102. The number of aryl methyl sites for hydroxylation is 1. The minimum Gasteiger partial charge on any atom is -0.463 e. The summed E-state index contributed by atoms with van der Waals surface area (Å²) in [5.41, 5.74) is 1.89. The Morgan fingerprint density at radius 3 is 2.69 bits per heavy atom. The van der Waals surface area contributed by atoms with E-state index >= 15 is 0 Å². The normalized spacial score (nSPS) is 14.8. The van der Waals surface area contributed by atoms with Crippen LogP contribution in [0.3, 0.4) is 0 Å². The number of aromatic nitrogens is 2. The van der Waals surface area contributed by atoms with Crippen molar-refractivity contribution in [2.45, 2.75) is 42.8 Å². The van der Waals surface area contributed by atoms with Crippen LogP contribution < -0.4 is 5.32 Å². The van der Waals surface area contributed by atoms with Crippen LogP contribution in [0, 0.1) is 6.92 Å². The first-order valence-corrected chi connectivity index (χ1v) is 11.9. The summed E-state index contributed by atoms with van der Waals surface area (Å²) in [7, 11) is -3.43. The number of sulfone groups is 1. The average molecular weight is 452 g/mol. The number of amides is 1. The lowest BCUT2D eigenvalue weighted by atomic mass is 10.1. The number of furan rings is 1. The molecule has 4 aromatic rings. The minimum absolute atomic E-state index is 0.221. The van der Waals surface area contributed by atoms with Crippen molar-refractivity contribution in [3.8, 4) is 11.5 Å². The van der Waals surface area contributed by atoms with Gasteiger partial charge < -0.3 is 14.3 Å². The topological polar surface area (TPSA) is 115 Å². The third-order valence-electron chi connectivity index (χ3n) is 5.80. The molecule has 1 fully saturated rings. The van der Waals surface area contributed by atoms with E-state index in [0.29, 0.717) is 46.6 Å². The van der Waals surface area contributed by atoms with Crippen LogP contribution in [-0.2, 0) is 9.84 Å². The Kier molecular flexibility index (Phi) is 5.05. The van der Waals surface area contributed by atoms with Crippen molar-refractivity contribution < 1.29 is 22.2 Å². The van der Waals surface area contributed by atoms with E-state index in [1.165, 1.54) is 12.3 Å². The zero-order valence-electron chi connectivity index (χ0n) is 17.4. The molecule has 0 radical (unpaired) electrons. The molecule has 5 rings (SSSR count). The summed E-state index contributed by atoms with van der Waals surface area (Å²) >= 11 is 0. The van der Waals surface area contributed by atoms with Crippen LogP contribution in [0.2, 0.25) is 0 Å². The van der Waals surface area contributed by atoms with Gasteiger partial charge in [0.15, 0.2) is 15.6 Å². The maximum absolute atomic E-state index is 13.2. The van der Waals surface area contributed by atoms with Crippen LogP contribution in [0.5, 0.6) is 0 Å². The first-order valence-electron chi connectivity index (χ1n) is 10.4. The van der Waals surface area contributed by atoms with E-state index in [1.54, 1.807) is 43.3 Å². The predicted molar refractivity (Wildman–Crippen MR) is 118 cm³/mol. The van der Waals surface area contributed by atoms with E-state index in [1.807, 2.05) is 0 Å². The lowest BCUT2D eigenvalue weighted by Crippen LogP contribution is -2.18. The van der Waals surface area contributed by atoms with Crippen molar-refractivity contribution >= 4 is 32.5 Å². The number of rotatable bonds is 5. The average Bonchev–Trinajstić information content (AvgIpc) is 3.56. The minimum atomic E-state index is -3.43. The van der Waals surface area contributed by atoms with Crippen LogP contribution in [0.4, 0.5) is 5.69 Å². The summed E-state index contributed by atoms with van der Waals surface area (Å²) in [5.74, 6) is 0.0616. The van der Waals surface area contributed by atoms with Gasteiger partial charge in [0, 0.05) is 5.69 Å². The molecular formula is C23H21N3O5S. The molecule has 0 spiro atoms. The van der Waals surface area contributed by atoms with Crippen molar-refractivity contribution in [1.29, 1.82) is 0 Å². The maximum Gasteiger partial charge on any atom is 0.259 e. The molecule has 1 aliphatic rings. The van der Waals surface area contributed by atoms with Crippen molar-refractivity contribution in [2.24, 2.45) is 0 Å². The molecule has 1 aliphatic carbocycles. The molecule has 0 unspecified atom stereocenters. The Morgan fingerprint density at radius 1 is 1.12 bits per heavy atom. The van der Waals surface area contributed by atoms with Crippen LogP contribution in [0.1, 0.15) is 41.7 Å². The monoisotopic (exact) mass is 451 g/mol. The van der Waals surface area contributed by atoms with Gasteiger partial charge in [-0.25, -0.2) is 13.4 Å². The summed E-state index contributed by atoms with van der Waals surface area (Å²) in [5, 5.41) is 6.88. The van der Waals surface area contributed by atoms with Crippen LogP contribution in [0.15, 0.2) is 62.6 Å². The number of nitrogens with zero attached hydrogens (tertiary/aromatic N) is 2. The summed E-state index contributed by atoms with van der Waals surface area (Å²) < 4.78 is 36.6. The van der Waals surface area contributed by atoms with Crippen LogP contribution in [0.25, 0.3) is 22.6 Å². The van der Waals surface area contributed by atoms with Gasteiger partial charge >= 0.3 is 0 Å². The predicted octanol–water partition coefficient (Wildman–Crippen LogP) is 4.76. The molecule has 164 valence electrons. The molecule has 9 heteroatoms. The first kappa shape index (κ1) is 20.4. The number of carbonyl (C=O) groups is 1. The number of pyridine rings is 1. The van der Waals surface area contributed by atoms with Gasteiger partial charge in [-0.05, 0) is 56.2 Å². The fourth-order valence-corrected chi connectivity index (χ4v) is 6.06. The van der Waals surface area contributed by atoms with Gasteiger partial charge in [-0.15, -0.1) is 0 Å². The Hall–Kier alpha value is -3.46. The quantitative estimate of drug-likeness (QED) is 0.465. The second kappa shape index (κ2) is 7.90. The van der Waals surface area contributed by atoms with E-state index in [9.17, 15) is 13.2 Å². The van der Waals surface area contributed by atoms with Gasteiger partial charge in [-0.2, -0.15) is 0 Å². The third-order valence-corrected chi connectivity index (χ3v) is 8.06. The Balaban J connectivity index is 1.50. The Morgan fingerprint density at radius 2 is 1.94 bits per heavy atom. The van der Waals surface area contributed by atoms with E-state index in [-0.39, 0.29) is 15.9 Å². The zero-order valence-corrected chi connectivity index (χ0v) is 18.2. The number of nitrogens with one attached hydrogen (secondary N) is 1. The second-order valence-corrected chi connectivity index (χ2v) is 10.1. The molecule has 32 heavy (non-hydrogen) atoms. The van der Waals surface area contributed by atoms with E-state index in [2.05, 4.69) is 15.5 Å². The van der Waals surface area contributed by atoms with Crippen LogP contribution in [-0.4, -0.2) is 29.7 Å². The van der Waals surface area contributed by atoms with Gasteiger partial charge in [0.2, 0.25) is 0 Å². The highest BCUT2D eigenvalue weighted by Gasteiger charge is 2.30.